The van der Waals surface area contributed by atoms with Crippen LogP contribution in [0.25, 0.3) is 11.2 Å². The minimum atomic E-state index is -1.30. The third-order valence-corrected chi connectivity index (χ3v) is 4.91. The van der Waals surface area contributed by atoms with Crippen LogP contribution in [0.2, 0.25) is 0 Å². The maximum absolute atomic E-state index is 10.5. The van der Waals surface area contributed by atoms with Gasteiger partial charge < -0.3 is 35.8 Å². The molecule has 1 aromatic carbocycles. The molecule has 3 aromatic rings. The average Bonchev–Trinajstić information content (AvgIpc) is 3.24. The van der Waals surface area contributed by atoms with E-state index in [0.29, 0.717) is 29.4 Å². The van der Waals surface area contributed by atoms with Gasteiger partial charge in [0.1, 0.15) is 30.4 Å². The molecule has 0 spiro atoms. The highest BCUT2D eigenvalue weighted by Crippen LogP contribution is 2.35. The van der Waals surface area contributed by atoms with Crippen molar-refractivity contribution in [2.75, 3.05) is 24.8 Å². The molecular weight excluding hydrogens is 380 g/mol. The number of nitrogens with one attached hydrogen (secondary N) is 1. The highest BCUT2D eigenvalue weighted by atomic mass is 16.6. The fourth-order valence-corrected chi connectivity index (χ4v) is 3.41. The van der Waals surface area contributed by atoms with Crippen molar-refractivity contribution in [3.05, 3.63) is 36.2 Å². The Bertz CT molecular complexity index is 1010. The third-order valence-electron chi connectivity index (χ3n) is 4.91. The van der Waals surface area contributed by atoms with Gasteiger partial charge in [0.05, 0.1) is 13.7 Å². The van der Waals surface area contributed by atoms with Crippen molar-refractivity contribution in [2.45, 2.75) is 31.1 Å². The van der Waals surface area contributed by atoms with Crippen molar-refractivity contribution in [2.24, 2.45) is 0 Å². The van der Waals surface area contributed by atoms with Gasteiger partial charge in [0.2, 0.25) is 5.95 Å². The number of hydrogen-bond donors (Lipinski definition) is 5. The number of anilines is 2. The summed E-state index contributed by atoms with van der Waals surface area (Å²) >= 11 is 0. The predicted molar refractivity (Wildman–Crippen MR) is 103 cm³/mol. The van der Waals surface area contributed by atoms with E-state index in [-0.39, 0.29) is 5.82 Å². The number of fused-ring (bicyclic) bond motifs is 1. The summed E-state index contributed by atoms with van der Waals surface area (Å²) in [5.41, 5.74) is 7.48. The Morgan fingerprint density at radius 3 is 2.76 bits per heavy atom. The van der Waals surface area contributed by atoms with Crippen LogP contribution >= 0.6 is 0 Å². The number of imidazole rings is 1. The van der Waals surface area contributed by atoms with Crippen LogP contribution in [0.15, 0.2) is 30.6 Å². The molecule has 6 N–H and O–H groups in total. The Hall–Kier alpha value is -2.99. The lowest BCUT2D eigenvalue weighted by Crippen LogP contribution is -2.33. The van der Waals surface area contributed by atoms with Crippen molar-refractivity contribution in [3.63, 3.8) is 0 Å². The maximum Gasteiger partial charge on any atom is 0.207 e. The molecule has 0 unspecified atom stereocenters. The van der Waals surface area contributed by atoms with Gasteiger partial charge in [-0.1, -0.05) is 18.2 Å². The van der Waals surface area contributed by atoms with Gasteiger partial charge in [-0.3, -0.25) is 4.57 Å². The van der Waals surface area contributed by atoms with Crippen LogP contribution in [0.4, 0.5) is 11.8 Å². The van der Waals surface area contributed by atoms with E-state index < -0.39 is 31.1 Å². The lowest BCUT2D eigenvalue weighted by molar-refractivity contribution is -0.0501. The average molecular weight is 402 g/mol. The summed E-state index contributed by atoms with van der Waals surface area (Å²) in [7, 11) is 1.59. The van der Waals surface area contributed by atoms with Gasteiger partial charge in [-0.15, -0.1) is 0 Å². The van der Waals surface area contributed by atoms with E-state index in [1.54, 1.807) is 7.11 Å². The van der Waals surface area contributed by atoms with Gasteiger partial charge in [-0.25, -0.2) is 15.0 Å². The Morgan fingerprint density at radius 2 is 2.03 bits per heavy atom. The predicted octanol–water partition coefficient (Wildman–Crippen LogP) is -0.359. The van der Waals surface area contributed by atoms with Gasteiger partial charge in [0.25, 0.3) is 0 Å². The summed E-state index contributed by atoms with van der Waals surface area (Å²) in [6.07, 6.45) is -3.24. The number of nitrogens with two attached hydrogens (primary N) is 1. The number of benzene rings is 1. The highest BCUT2D eigenvalue weighted by Gasteiger charge is 2.45. The van der Waals surface area contributed by atoms with Crippen LogP contribution in [-0.2, 0) is 11.3 Å². The fraction of sp³-hybridized carbons (Fsp3) is 0.389. The van der Waals surface area contributed by atoms with Crippen molar-refractivity contribution in [1.82, 2.24) is 19.5 Å². The van der Waals surface area contributed by atoms with Gasteiger partial charge in [0, 0.05) is 12.1 Å². The highest BCUT2D eigenvalue weighted by molar-refractivity contribution is 5.84. The Labute approximate surface area is 165 Å². The molecule has 11 heteroatoms. The Balaban J connectivity index is 1.74. The number of aliphatic hydroxyl groups excluding tert-OH is 3. The minimum absolute atomic E-state index is 0.167. The largest absolute Gasteiger partial charge is 0.496 e. The molecule has 0 radical (unpaired) electrons. The smallest absolute Gasteiger partial charge is 0.207 e. The number of ether oxygens (including phenoxy) is 2. The molecule has 0 aliphatic carbocycles. The molecular formula is C18H22N6O5. The molecule has 1 aliphatic rings. The number of rotatable bonds is 6. The summed E-state index contributed by atoms with van der Waals surface area (Å²) in [6, 6.07) is 7.50. The van der Waals surface area contributed by atoms with Crippen LogP contribution in [0, 0.1) is 0 Å². The van der Waals surface area contributed by atoms with Crippen molar-refractivity contribution < 1.29 is 24.8 Å². The van der Waals surface area contributed by atoms with E-state index in [4.69, 9.17) is 15.2 Å². The minimum Gasteiger partial charge on any atom is -0.496 e. The molecule has 11 nitrogen and oxygen atoms in total. The zero-order valence-corrected chi connectivity index (χ0v) is 15.6. The second kappa shape index (κ2) is 7.79. The summed E-state index contributed by atoms with van der Waals surface area (Å²) in [4.78, 5) is 12.6. The van der Waals surface area contributed by atoms with Gasteiger partial charge in [0.15, 0.2) is 23.2 Å². The summed E-state index contributed by atoms with van der Waals surface area (Å²) in [5.74, 6) is 1.18. The molecule has 1 aliphatic heterocycles. The van der Waals surface area contributed by atoms with E-state index in [9.17, 15) is 15.3 Å². The van der Waals surface area contributed by atoms with E-state index in [0.717, 1.165) is 5.56 Å². The zero-order valence-electron chi connectivity index (χ0n) is 15.6. The van der Waals surface area contributed by atoms with E-state index in [1.807, 2.05) is 24.3 Å². The van der Waals surface area contributed by atoms with E-state index in [1.165, 1.54) is 10.9 Å². The number of methoxy groups -OCH3 is 1. The van der Waals surface area contributed by atoms with Crippen LogP contribution in [0.5, 0.6) is 5.75 Å². The summed E-state index contributed by atoms with van der Waals surface area (Å²) in [6.45, 7) is -0.0854. The second-order valence-corrected chi connectivity index (χ2v) is 6.63. The first-order valence-electron chi connectivity index (χ1n) is 9.01. The number of nitrogens with zero attached hydrogens (tertiary/aromatic N) is 4. The first-order valence-corrected chi connectivity index (χ1v) is 9.01. The van der Waals surface area contributed by atoms with Crippen LogP contribution in [-0.4, -0.2) is 66.9 Å². The molecule has 1 fully saturated rings. The number of para-hydroxylation sites is 1. The molecule has 154 valence electrons. The fourth-order valence-electron chi connectivity index (χ4n) is 3.41. The first-order chi connectivity index (χ1) is 14.0. The standard InChI is InChI=1S/C18H22N6O5/c1-28-10-5-3-2-4-9(10)6-20-18-23-12-15(19)21-8-22-16(12)24(18)17-14(27)13(26)11(7-25)29-17/h2-5,8,11,13-14,17,25-27H,6-7H2,1H3,(H,20,23)(H2,19,21,22)/t11-,13-,14-,17-/m1/s1. The molecule has 4 atom stereocenters. The number of aromatic nitrogens is 4. The van der Waals surface area contributed by atoms with Gasteiger partial charge in [-0.2, -0.15) is 0 Å². The SMILES string of the molecule is COc1ccccc1CNc1nc2c(N)ncnc2n1[C@@H]1O[C@H](CO)[C@@H](O)[C@H]1O. The lowest BCUT2D eigenvalue weighted by atomic mass is 10.1. The molecule has 0 saturated carbocycles. The number of aliphatic hydroxyl groups is 3. The molecule has 2 aromatic heterocycles. The van der Waals surface area contributed by atoms with Crippen molar-refractivity contribution >= 4 is 22.9 Å². The van der Waals surface area contributed by atoms with Crippen molar-refractivity contribution in [3.8, 4) is 5.75 Å². The molecule has 4 rings (SSSR count). The Kier molecular flexibility index (Phi) is 5.20. The molecule has 0 amide bonds. The maximum atomic E-state index is 10.5. The van der Waals surface area contributed by atoms with Gasteiger partial charge >= 0.3 is 0 Å². The molecule has 1 saturated heterocycles. The summed E-state index contributed by atoms with van der Waals surface area (Å²) in [5, 5.41) is 33.2. The lowest BCUT2D eigenvalue weighted by Gasteiger charge is -2.20. The van der Waals surface area contributed by atoms with E-state index >= 15 is 0 Å². The van der Waals surface area contributed by atoms with E-state index in [2.05, 4.69) is 20.3 Å². The number of hydrogen-bond acceptors (Lipinski definition) is 10. The van der Waals surface area contributed by atoms with Gasteiger partial charge in [-0.05, 0) is 6.07 Å². The molecule has 3 heterocycles. The van der Waals surface area contributed by atoms with Crippen LogP contribution in [0.3, 0.4) is 0 Å². The quantitative estimate of drug-likeness (QED) is 0.368. The third kappa shape index (κ3) is 3.34. The zero-order chi connectivity index (χ0) is 20.5. The Morgan fingerprint density at radius 1 is 1.24 bits per heavy atom. The number of nitrogen functional groups attached to an aromatic ring is 1. The molecule has 29 heavy (non-hydrogen) atoms. The van der Waals surface area contributed by atoms with Crippen LogP contribution in [0.1, 0.15) is 11.8 Å². The molecule has 0 bridgehead atoms. The topological polar surface area (TPSA) is 161 Å². The van der Waals surface area contributed by atoms with Crippen molar-refractivity contribution in [1.29, 1.82) is 0 Å². The first kappa shape index (κ1) is 19.3. The monoisotopic (exact) mass is 402 g/mol. The summed E-state index contributed by atoms with van der Waals surface area (Å²) < 4.78 is 12.5. The van der Waals surface area contributed by atoms with Crippen LogP contribution < -0.4 is 15.8 Å². The second-order valence-electron chi connectivity index (χ2n) is 6.63. The normalized spacial score (nSPS) is 24.1.